The molecule has 1 fully saturated rings. The fraction of sp³-hybridized carbons (Fsp3) is 0.625. The third-order valence-corrected chi connectivity index (χ3v) is 4.32. The van der Waals surface area contributed by atoms with Crippen LogP contribution in [0.2, 0.25) is 0 Å². The Hall–Kier alpha value is -1.10. The fourth-order valence-electron chi connectivity index (χ4n) is 2.90. The second-order valence-corrected chi connectivity index (χ2v) is 5.72. The molecule has 0 spiro atoms. The summed E-state index contributed by atoms with van der Waals surface area (Å²) in [5, 5.41) is 0. The van der Waals surface area contributed by atoms with Gasteiger partial charge in [0.05, 0.1) is 18.8 Å². The third kappa shape index (κ3) is 3.72. The van der Waals surface area contributed by atoms with Gasteiger partial charge in [0.2, 0.25) is 0 Å². The summed E-state index contributed by atoms with van der Waals surface area (Å²) in [4.78, 5) is 0. The Labute approximate surface area is 121 Å². The van der Waals surface area contributed by atoms with E-state index in [4.69, 9.17) is 15.3 Å². The van der Waals surface area contributed by atoms with Crippen molar-refractivity contribution < 1.29 is 9.47 Å². The Morgan fingerprint density at radius 2 is 2.10 bits per heavy atom. The molecule has 20 heavy (non-hydrogen) atoms. The van der Waals surface area contributed by atoms with E-state index in [9.17, 15) is 0 Å². The number of hydrogen-bond donors (Lipinski definition) is 2. The molecule has 0 saturated carbocycles. The zero-order valence-electron chi connectivity index (χ0n) is 12.5. The molecule has 2 atom stereocenters. The summed E-state index contributed by atoms with van der Waals surface area (Å²) in [7, 11) is 1.69. The molecule has 1 saturated heterocycles. The summed E-state index contributed by atoms with van der Waals surface area (Å²) in [5.41, 5.74) is 4.11. The van der Waals surface area contributed by atoms with Gasteiger partial charge in [0.25, 0.3) is 0 Å². The molecular formula is C16H26N2O2. The molecule has 2 unspecified atom stereocenters. The highest BCUT2D eigenvalue weighted by molar-refractivity contribution is 5.27. The molecule has 1 aliphatic heterocycles. The number of hydrogen-bond acceptors (Lipinski definition) is 4. The molecule has 3 N–H and O–H groups in total. The summed E-state index contributed by atoms with van der Waals surface area (Å²) in [6, 6.07) is 8.40. The van der Waals surface area contributed by atoms with Crippen LogP contribution in [0.3, 0.4) is 0 Å². The Morgan fingerprint density at radius 3 is 2.65 bits per heavy atom. The normalized spacial score (nSPS) is 24.4. The average molecular weight is 278 g/mol. The van der Waals surface area contributed by atoms with E-state index in [1.807, 2.05) is 12.1 Å². The average Bonchev–Trinajstić information content (AvgIpc) is 2.49. The van der Waals surface area contributed by atoms with Crippen molar-refractivity contribution >= 4 is 0 Å². The minimum Gasteiger partial charge on any atom is -0.497 e. The van der Waals surface area contributed by atoms with E-state index < -0.39 is 0 Å². The van der Waals surface area contributed by atoms with Gasteiger partial charge in [-0.05, 0) is 56.7 Å². The van der Waals surface area contributed by atoms with Gasteiger partial charge in [0, 0.05) is 6.61 Å². The lowest BCUT2D eigenvalue weighted by atomic mass is 9.85. The molecule has 1 heterocycles. The van der Waals surface area contributed by atoms with Gasteiger partial charge in [-0.25, -0.2) is 0 Å². The maximum absolute atomic E-state index is 5.98. The number of nitrogens with one attached hydrogen (secondary N) is 1. The summed E-state index contributed by atoms with van der Waals surface area (Å²) in [5.74, 6) is 6.64. The molecule has 112 valence electrons. The Morgan fingerprint density at radius 1 is 1.35 bits per heavy atom. The predicted molar refractivity (Wildman–Crippen MR) is 80.6 cm³/mol. The number of methoxy groups -OCH3 is 1. The molecule has 2 rings (SSSR count). The van der Waals surface area contributed by atoms with Crippen LogP contribution in [0, 0.1) is 0 Å². The van der Waals surface area contributed by atoms with E-state index in [1.165, 1.54) is 12.0 Å². The van der Waals surface area contributed by atoms with E-state index in [0.29, 0.717) is 0 Å². The van der Waals surface area contributed by atoms with Gasteiger partial charge in [-0.2, -0.15) is 0 Å². The maximum atomic E-state index is 5.98. The molecule has 4 heteroatoms. The van der Waals surface area contributed by atoms with Crippen molar-refractivity contribution in [2.45, 2.75) is 50.7 Å². The van der Waals surface area contributed by atoms with Crippen molar-refractivity contribution in [1.82, 2.24) is 5.43 Å². The van der Waals surface area contributed by atoms with Gasteiger partial charge < -0.3 is 9.47 Å². The summed E-state index contributed by atoms with van der Waals surface area (Å²) < 4.78 is 11.2. The molecule has 0 aliphatic carbocycles. The van der Waals surface area contributed by atoms with E-state index in [0.717, 1.165) is 38.0 Å². The van der Waals surface area contributed by atoms with E-state index in [-0.39, 0.29) is 11.6 Å². The molecule has 4 nitrogen and oxygen atoms in total. The zero-order valence-corrected chi connectivity index (χ0v) is 12.5. The minimum atomic E-state index is -0.139. The third-order valence-electron chi connectivity index (χ3n) is 4.32. The zero-order chi connectivity index (χ0) is 14.4. The lowest BCUT2D eigenvalue weighted by molar-refractivity contribution is -0.0900. The Balaban J connectivity index is 1.92. The quantitative estimate of drug-likeness (QED) is 0.620. The lowest BCUT2D eigenvalue weighted by Gasteiger charge is -2.40. The molecular weight excluding hydrogens is 252 g/mol. The second kappa shape index (κ2) is 7.07. The van der Waals surface area contributed by atoms with Crippen LogP contribution in [0.5, 0.6) is 5.75 Å². The highest BCUT2D eigenvalue weighted by Gasteiger charge is 2.35. The van der Waals surface area contributed by atoms with Crippen LogP contribution < -0.4 is 16.0 Å². The monoisotopic (exact) mass is 278 g/mol. The van der Waals surface area contributed by atoms with Crippen LogP contribution in [0.15, 0.2) is 24.3 Å². The van der Waals surface area contributed by atoms with Gasteiger partial charge in [0.1, 0.15) is 5.75 Å². The molecule has 1 aromatic carbocycles. The predicted octanol–water partition coefficient (Wildman–Crippen LogP) is 2.42. The van der Waals surface area contributed by atoms with Crippen molar-refractivity contribution in [1.29, 1.82) is 0 Å². The highest BCUT2D eigenvalue weighted by Crippen LogP contribution is 2.29. The van der Waals surface area contributed by atoms with Gasteiger partial charge in [-0.15, -0.1) is 0 Å². The fourth-order valence-corrected chi connectivity index (χ4v) is 2.90. The topological polar surface area (TPSA) is 56.5 Å². The van der Waals surface area contributed by atoms with Gasteiger partial charge in [-0.3, -0.25) is 11.3 Å². The lowest BCUT2D eigenvalue weighted by Crippen LogP contribution is -2.54. The smallest absolute Gasteiger partial charge is 0.118 e. The van der Waals surface area contributed by atoms with Crippen LogP contribution >= 0.6 is 0 Å². The SMILES string of the molecule is COc1ccc(CCC(NN)C2(C)CCCCO2)cc1. The minimum absolute atomic E-state index is 0.139. The number of hydrazine groups is 1. The number of benzene rings is 1. The summed E-state index contributed by atoms with van der Waals surface area (Å²) in [6.45, 7) is 3.02. The van der Waals surface area contributed by atoms with Crippen LogP contribution in [0.4, 0.5) is 0 Å². The van der Waals surface area contributed by atoms with Crippen LogP contribution in [-0.2, 0) is 11.2 Å². The van der Waals surface area contributed by atoms with Crippen molar-refractivity contribution in [3.05, 3.63) is 29.8 Å². The van der Waals surface area contributed by atoms with E-state index in [2.05, 4.69) is 24.5 Å². The molecule has 0 radical (unpaired) electrons. The first-order chi connectivity index (χ1) is 9.68. The standard InChI is InChI=1S/C16H26N2O2/c1-16(11-3-4-12-20-16)15(18-17)10-7-13-5-8-14(19-2)9-6-13/h5-6,8-9,15,18H,3-4,7,10-12,17H2,1-2H3. The van der Waals surface area contributed by atoms with Crippen LogP contribution in [-0.4, -0.2) is 25.4 Å². The van der Waals surface area contributed by atoms with Crippen molar-refractivity contribution in [3.8, 4) is 5.75 Å². The summed E-state index contributed by atoms with van der Waals surface area (Å²) in [6.07, 6.45) is 5.41. The maximum Gasteiger partial charge on any atom is 0.118 e. The van der Waals surface area contributed by atoms with Gasteiger partial charge in [-0.1, -0.05) is 12.1 Å². The van der Waals surface area contributed by atoms with Crippen LogP contribution in [0.25, 0.3) is 0 Å². The van der Waals surface area contributed by atoms with Crippen molar-refractivity contribution in [2.75, 3.05) is 13.7 Å². The van der Waals surface area contributed by atoms with Crippen molar-refractivity contribution in [3.63, 3.8) is 0 Å². The van der Waals surface area contributed by atoms with Crippen LogP contribution in [0.1, 0.15) is 38.2 Å². The van der Waals surface area contributed by atoms with Gasteiger partial charge >= 0.3 is 0 Å². The summed E-state index contributed by atoms with van der Waals surface area (Å²) >= 11 is 0. The van der Waals surface area contributed by atoms with E-state index >= 15 is 0 Å². The van der Waals surface area contributed by atoms with Gasteiger partial charge in [0.15, 0.2) is 0 Å². The Bertz CT molecular complexity index is 399. The highest BCUT2D eigenvalue weighted by atomic mass is 16.5. The molecule has 1 aromatic rings. The second-order valence-electron chi connectivity index (χ2n) is 5.72. The first-order valence-electron chi connectivity index (χ1n) is 7.41. The molecule has 0 amide bonds. The van der Waals surface area contributed by atoms with E-state index in [1.54, 1.807) is 7.11 Å². The molecule has 0 aromatic heterocycles. The number of aryl methyl sites for hydroxylation is 1. The number of rotatable bonds is 6. The first kappa shape index (κ1) is 15.3. The molecule has 0 bridgehead atoms. The molecule has 1 aliphatic rings. The Kier molecular flexibility index (Phi) is 5.40. The first-order valence-corrected chi connectivity index (χ1v) is 7.41. The number of nitrogens with two attached hydrogens (primary N) is 1. The largest absolute Gasteiger partial charge is 0.497 e. The number of ether oxygens (including phenoxy) is 2. The van der Waals surface area contributed by atoms with Crippen molar-refractivity contribution in [2.24, 2.45) is 5.84 Å².